The second-order valence-electron chi connectivity index (χ2n) is 5.96. The van der Waals surface area contributed by atoms with E-state index in [-0.39, 0.29) is 11.4 Å². The minimum absolute atomic E-state index is 0.0151. The zero-order chi connectivity index (χ0) is 19.9. The summed E-state index contributed by atoms with van der Waals surface area (Å²) < 4.78 is 41.5. The lowest BCUT2D eigenvalue weighted by atomic mass is 10.1. The van der Waals surface area contributed by atoms with Crippen molar-refractivity contribution in [2.45, 2.75) is 6.18 Å². The molecule has 0 bridgehead atoms. The molecule has 0 aliphatic heterocycles. The molecular formula is C19H12BrF3N4O. The lowest BCUT2D eigenvalue weighted by Gasteiger charge is -2.12. The monoisotopic (exact) mass is 448 g/mol. The minimum Gasteiger partial charge on any atom is -0.507 e. The van der Waals surface area contributed by atoms with Gasteiger partial charge in [0.25, 0.3) is 0 Å². The smallest absolute Gasteiger partial charge is 0.416 e. The SMILES string of the molecule is Oc1ccc(Br)cc1-c1nc2ncccn2c1Nc1cccc(C(F)(F)F)c1. The van der Waals surface area contributed by atoms with E-state index in [9.17, 15) is 18.3 Å². The Morgan fingerprint density at radius 3 is 2.68 bits per heavy atom. The van der Waals surface area contributed by atoms with E-state index in [1.807, 2.05) is 0 Å². The van der Waals surface area contributed by atoms with Gasteiger partial charge in [0.05, 0.1) is 5.56 Å². The van der Waals surface area contributed by atoms with Gasteiger partial charge in [0, 0.05) is 28.1 Å². The number of imidazole rings is 1. The van der Waals surface area contributed by atoms with Crippen LogP contribution in [0.4, 0.5) is 24.7 Å². The molecule has 4 aromatic rings. The van der Waals surface area contributed by atoms with E-state index < -0.39 is 11.7 Å². The van der Waals surface area contributed by atoms with Crippen LogP contribution in [-0.2, 0) is 6.18 Å². The molecule has 0 radical (unpaired) electrons. The molecule has 0 amide bonds. The molecule has 2 aromatic carbocycles. The fraction of sp³-hybridized carbons (Fsp3) is 0.0526. The van der Waals surface area contributed by atoms with Crippen LogP contribution in [0.15, 0.2) is 65.4 Å². The molecule has 0 fully saturated rings. The molecule has 0 atom stereocenters. The van der Waals surface area contributed by atoms with Crippen molar-refractivity contribution in [3.8, 4) is 17.0 Å². The zero-order valence-electron chi connectivity index (χ0n) is 14.1. The quantitative estimate of drug-likeness (QED) is 0.426. The number of aromatic hydroxyl groups is 1. The summed E-state index contributed by atoms with van der Waals surface area (Å²) in [5, 5.41) is 13.3. The van der Waals surface area contributed by atoms with Crippen LogP contribution in [0.2, 0.25) is 0 Å². The number of alkyl halides is 3. The standard InChI is InChI=1S/C19H12BrF3N4O/c20-12-5-6-15(28)14(10-12)16-17(27-8-2-7-24-18(27)26-16)25-13-4-1-3-11(9-13)19(21,22)23/h1-10,25,28H. The molecule has 0 aliphatic carbocycles. The summed E-state index contributed by atoms with van der Waals surface area (Å²) in [4.78, 5) is 8.62. The summed E-state index contributed by atoms with van der Waals surface area (Å²) in [5.74, 6) is 0.709. The van der Waals surface area contributed by atoms with Crippen LogP contribution in [0.5, 0.6) is 5.75 Å². The molecule has 5 nitrogen and oxygen atoms in total. The number of rotatable bonds is 3. The third-order valence-electron chi connectivity index (χ3n) is 4.07. The highest BCUT2D eigenvalue weighted by Gasteiger charge is 2.30. The summed E-state index contributed by atoms with van der Waals surface area (Å²) in [6, 6.07) is 11.4. The number of hydrogen-bond acceptors (Lipinski definition) is 4. The van der Waals surface area contributed by atoms with Gasteiger partial charge in [-0.05, 0) is 42.5 Å². The number of hydrogen-bond donors (Lipinski definition) is 2. The van der Waals surface area contributed by atoms with Gasteiger partial charge in [0.1, 0.15) is 17.3 Å². The Morgan fingerprint density at radius 1 is 1.07 bits per heavy atom. The lowest BCUT2D eigenvalue weighted by Crippen LogP contribution is -2.05. The first kappa shape index (κ1) is 18.3. The number of phenolic OH excluding ortho intramolecular Hbond substituents is 1. The fourth-order valence-corrected chi connectivity index (χ4v) is 3.16. The third kappa shape index (κ3) is 3.40. The van der Waals surface area contributed by atoms with Crippen molar-refractivity contribution in [1.29, 1.82) is 0 Å². The first-order valence-corrected chi connectivity index (χ1v) is 8.88. The number of nitrogens with one attached hydrogen (secondary N) is 1. The number of halogens is 4. The number of aromatic nitrogens is 3. The molecule has 28 heavy (non-hydrogen) atoms. The number of benzene rings is 2. The molecule has 9 heteroatoms. The Morgan fingerprint density at radius 2 is 1.89 bits per heavy atom. The Kier molecular flexibility index (Phi) is 4.46. The van der Waals surface area contributed by atoms with Gasteiger partial charge in [-0.1, -0.05) is 22.0 Å². The normalized spacial score (nSPS) is 11.7. The van der Waals surface area contributed by atoms with E-state index in [4.69, 9.17) is 0 Å². The Balaban J connectivity index is 1.88. The summed E-state index contributed by atoms with van der Waals surface area (Å²) in [5.41, 5.74) is 0.233. The Hall–Kier alpha value is -3.07. The zero-order valence-corrected chi connectivity index (χ0v) is 15.7. The molecule has 0 aliphatic rings. The average Bonchev–Trinajstić information content (AvgIpc) is 3.02. The van der Waals surface area contributed by atoms with E-state index in [2.05, 4.69) is 31.2 Å². The minimum atomic E-state index is -4.45. The van der Waals surface area contributed by atoms with E-state index in [0.29, 0.717) is 22.9 Å². The highest BCUT2D eigenvalue weighted by Crippen LogP contribution is 2.38. The average molecular weight is 449 g/mol. The molecular weight excluding hydrogens is 437 g/mol. The first-order chi connectivity index (χ1) is 13.3. The predicted molar refractivity (Wildman–Crippen MR) is 103 cm³/mol. The Labute approximate surface area is 165 Å². The van der Waals surface area contributed by atoms with Gasteiger partial charge in [-0.3, -0.25) is 4.40 Å². The van der Waals surface area contributed by atoms with E-state index in [1.165, 1.54) is 18.2 Å². The van der Waals surface area contributed by atoms with Gasteiger partial charge in [-0.25, -0.2) is 9.97 Å². The topological polar surface area (TPSA) is 62.5 Å². The van der Waals surface area contributed by atoms with Crippen molar-refractivity contribution in [3.63, 3.8) is 0 Å². The van der Waals surface area contributed by atoms with Crippen molar-refractivity contribution in [3.05, 3.63) is 71.0 Å². The molecule has 2 aromatic heterocycles. The largest absolute Gasteiger partial charge is 0.507 e. The van der Waals surface area contributed by atoms with E-state index in [0.717, 1.165) is 16.6 Å². The molecule has 142 valence electrons. The summed E-state index contributed by atoms with van der Waals surface area (Å²) in [6.45, 7) is 0. The molecule has 0 unspecified atom stereocenters. The van der Waals surface area contributed by atoms with Gasteiger partial charge in [-0.2, -0.15) is 13.2 Å². The van der Waals surface area contributed by atoms with Crippen LogP contribution < -0.4 is 5.32 Å². The molecule has 2 heterocycles. The van der Waals surface area contributed by atoms with Crippen LogP contribution in [-0.4, -0.2) is 19.5 Å². The first-order valence-electron chi connectivity index (χ1n) is 8.09. The highest BCUT2D eigenvalue weighted by molar-refractivity contribution is 9.10. The van der Waals surface area contributed by atoms with Crippen LogP contribution in [0, 0.1) is 0 Å². The summed E-state index contributed by atoms with van der Waals surface area (Å²) in [7, 11) is 0. The third-order valence-corrected chi connectivity index (χ3v) is 4.56. The second kappa shape index (κ2) is 6.83. The molecule has 0 saturated heterocycles. The number of fused-ring (bicyclic) bond motifs is 1. The maximum atomic E-state index is 13.0. The molecule has 0 spiro atoms. The van der Waals surface area contributed by atoms with Crippen LogP contribution in [0.25, 0.3) is 17.0 Å². The van der Waals surface area contributed by atoms with Crippen LogP contribution in [0.1, 0.15) is 5.56 Å². The van der Waals surface area contributed by atoms with Crippen molar-refractivity contribution >= 4 is 33.2 Å². The maximum Gasteiger partial charge on any atom is 0.416 e. The number of anilines is 2. The number of nitrogens with zero attached hydrogens (tertiary/aromatic N) is 3. The summed E-state index contributed by atoms with van der Waals surface area (Å²) in [6.07, 6.45) is -1.21. The maximum absolute atomic E-state index is 13.0. The highest BCUT2D eigenvalue weighted by atomic mass is 79.9. The van der Waals surface area contributed by atoms with Crippen molar-refractivity contribution in [2.75, 3.05) is 5.32 Å². The van der Waals surface area contributed by atoms with Crippen molar-refractivity contribution in [1.82, 2.24) is 14.4 Å². The van der Waals surface area contributed by atoms with Crippen LogP contribution >= 0.6 is 15.9 Å². The second-order valence-corrected chi connectivity index (χ2v) is 6.88. The molecule has 2 N–H and O–H groups in total. The molecule has 0 saturated carbocycles. The van der Waals surface area contributed by atoms with Gasteiger partial charge in [0.15, 0.2) is 0 Å². The lowest BCUT2D eigenvalue weighted by molar-refractivity contribution is -0.137. The van der Waals surface area contributed by atoms with Gasteiger partial charge in [-0.15, -0.1) is 0 Å². The van der Waals surface area contributed by atoms with E-state index in [1.54, 1.807) is 35.0 Å². The number of phenols is 1. The fourth-order valence-electron chi connectivity index (χ4n) is 2.80. The van der Waals surface area contributed by atoms with Gasteiger partial charge >= 0.3 is 6.18 Å². The Bertz CT molecular complexity index is 1170. The van der Waals surface area contributed by atoms with Crippen LogP contribution in [0.3, 0.4) is 0 Å². The molecule has 4 rings (SSSR count). The van der Waals surface area contributed by atoms with Gasteiger partial charge in [0.2, 0.25) is 5.78 Å². The van der Waals surface area contributed by atoms with E-state index >= 15 is 0 Å². The van der Waals surface area contributed by atoms with Crippen molar-refractivity contribution in [2.24, 2.45) is 0 Å². The summed E-state index contributed by atoms with van der Waals surface area (Å²) >= 11 is 3.35. The van der Waals surface area contributed by atoms with Crippen molar-refractivity contribution < 1.29 is 18.3 Å². The predicted octanol–water partition coefficient (Wildman–Crippen LogP) is 5.63. The van der Waals surface area contributed by atoms with Gasteiger partial charge < -0.3 is 10.4 Å².